The van der Waals surface area contributed by atoms with Gasteiger partial charge in [0, 0.05) is 6.04 Å². The van der Waals surface area contributed by atoms with Gasteiger partial charge in [0.05, 0.1) is 5.69 Å². The fourth-order valence-corrected chi connectivity index (χ4v) is 1.47. The monoisotopic (exact) mass is 206 g/mol. The Morgan fingerprint density at radius 3 is 2.73 bits per heavy atom. The normalized spacial score (nSPS) is 15.7. The van der Waals surface area contributed by atoms with Crippen molar-refractivity contribution in [2.24, 2.45) is 5.73 Å². The lowest BCUT2D eigenvalue weighted by Crippen LogP contribution is -2.28. The number of anilines is 2. The van der Waals surface area contributed by atoms with E-state index in [1.54, 1.807) is 6.07 Å². The minimum atomic E-state index is -0.536. The standard InChI is InChI=1S/C10H14N4O/c11-7-4-5-8(9(12)15)14-10(7)13-6-2-1-3-6/h4-6H,1-3,11H2,(H2,12,15)(H,13,14). The van der Waals surface area contributed by atoms with Gasteiger partial charge in [0.15, 0.2) is 0 Å². The van der Waals surface area contributed by atoms with Crippen molar-refractivity contribution in [2.75, 3.05) is 11.1 Å². The number of nitrogens with one attached hydrogen (secondary N) is 1. The molecule has 0 unspecified atom stereocenters. The summed E-state index contributed by atoms with van der Waals surface area (Å²) in [5.74, 6) is 0.0302. The summed E-state index contributed by atoms with van der Waals surface area (Å²) >= 11 is 0. The van der Waals surface area contributed by atoms with Gasteiger partial charge < -0.3 is 16.8 Å². The van der Waals surface area contributed by atoms with Gasteiger partial charge in [0.1, 0.15) is 11.5 Å². The van der Waals surface area contributed by atoms with E-state index in [0.29, 0.717) is 17.5 Å². The van der Waals surface area contributed by atoms with Crippen LogP contribution in [0.2, 0.25) is 0 Å². The number of nitrogens with two attached hydrogens (primary N) is 2. The Kier molecular flexibility index (Phi) is 2.45. The zero-order valence-corrected chi connectivity index (χ0v) is 8.36. The molecule has 1 aromatic heterocycles. The molecule has 0 aromatic carbocycles. The first-order valence-corrected chi connectivity index (χ1v) is 4.99. The van der Waals surface area contributed by atoms with E-state index in [1.807, 2.05) is 0 Å². The molecule has 5 heteroatoms. The Morgan fingerprint density at radius 1 is 1.47 bits per heavy atom. The molecule has 0 bridgehead atoms. The van der Waals surface area contributed by atoms with Crippen molar-refractivity contribution in [3.05, 3.63) is 17.8 Å². The van der Waals surface area contributed by atoms with Gasteiger partial charge >= 0.3 is 0 Å². The summed E-state index contributed by atoms with van der Waals surface area (Å²) in [4.78, 5) is 15.0. The number of nitrogens with zero attached hydrogens (tertiary/aromatic N) is 1. The molecule has 1 saturated carbocycles. The maximum Gasteiger partial charge on any atom is 0.267 e. The van der Waals surface area contributed by atoms with Gasteiger partial charge in [-0.05, 0) is 31.4 Å². The number of amides is 1. The van der Waals surface area contributed by atoms with E-state index in [-0.39, 0.29) is 5.69 Å². The summed E-state index contributed by atoms with van der Waals surface area (Å²) in [5, 5.41) is 3.20. The predicted octanol–water partition coefficient (Wildman–Crippen LogP) is 0.727. The highest BCUT2D eigenvalue weighted by Crippen LogP contribution is 2.25. The third kappa shape index (κ3) is 2.01. The third-order valence-corrected chi connectivity index (χ3v) is 2.62. The highest BCUT2D eigenvalue weighted by atomic mass is 16.1. The van der Waals surface area contributed by atoms with Crippen LogP contribution in [0.3, 0.4) is 0 Å². The summed E-state index contributed by atoms with van der Waals surface area (Å²) in [6, 6.07) is 3.61. The van der Waals surface area contributed by atoms with Crippen LogP contribution in [-0.2, 0) is 0 Å². The maximum absolute atomic E-state index is 10.9. The molecule has 2 rings (SSSR count). The summed E-state index contributed by atoms with van der Waals surface area (Å²) in [7, 11) is 0. The third-order valence-electron chi connectivity index (χ3n) is 2.62. The van der Waals surface area contributed by atoms with Crippen molar-refractivity contribution in [1.29, 1.82) is 0 Å². The molecular weight excluding hydrogens is 192 g/mol. The number of rotatable bonds is 3. The molecule has 1 aliphatic carbocycles. The molecule has 5 nitrogen and oxygen atoms in total. The largest absolute Gasteiger partial charge is 0.396 e. The molecule has 5 N–H and O–H groups in total. The maximum atomic E-state index is 10.9. The van der Waals surface area contributed by atoms with Gasteiger partial charge in [-0.3, -0.25) is 4.79 Å². The lowest BCUT2D eigenvalue weighted by atomic mass is 9.93. The Balaban J connectivity index is 2.19. The Bertz CT molecular complexity index is 387. The van der Waals surface area contributed by atoms with Crippen LogP contribution in [0.15, 0.2) is 12.1 Å². The van der Waals surface area contributed by atoms with Crippen LogP contribution in [-0.4, -0.2) is 16.9 Å². The van der Waals surface area contributed by atoms with E-state index in [9.17, 15) is 4.79 Å². The lowest BCUT2D eigenvalue weighted by molar-refractivity contribution is 0.0995. The summed E-state index contributed by atoms with van der Waals surface area (Å²) in [5.41, 5.74) is 11.7. The first-order valence-electron chi connectivity index (χ1n) is 4.99. The minimum Gasteiger partial charge on any atom is -0.396 e. The average molecular weight is 206 g/mol. The van der Waals surface area contributed by atoms with E-state index in [2.05, 4.69) is 10.3 Å². The van der Waals surface area contributed by atoms with Crippen molar-refractivity contribution in [3.8, 4) is 0 Å². The van der Waals surface area contributed by atoms with Gasteiger partial charge in [-0.1, -0.05) is 0 Å². The molecule has 0 radical (unpaired) electrons. The average Bonchev–Trinajstić information content (AvgIpc) is 2.13. The van der Waals surface area contributed by atoms with Gasteiger partial charge in [-0.25, -0.2) is 4.98 Å². The first kappa shape index (κ1) is 9.76. The topological polar surface area (TPSA) is 94.0 Å². The molecule has 0 saturated heterocycles. The zero-order chi connectivity index (χ0) is 10.8. The molecule has 1 aromatic rings. The van der Waals surface area contributed by atoms with Crippen molar-refractivity contribution in [3.63, 3.8) is 0 Å². The molecule has 80 valence electrons. The second-order valence-corrected chi connectivity index (χ2v) is 3.77. The number of pyridine rings is 1. The molecule has 1 heterocycles. The summed E-state index contributed by atoms with van der Waals surface area (Å²) in [6.45, 7) is 0. The van der Waals surface area contributed by atoms with Crippen LogP contribution in [0, 0.1) is 0 Å². The second kappa shape index (κ2) is 3.76. The Labute approximate surface area is 87.9 Å². The number of hydrogen-bond donors (Lipinski definition) is 3. The van der Waals surface area contributed by atoms with E-state index >= 15 is 0 Å². The number of aromatic nitrogens is 1. The zero-order valence-electron chi connectivity index (χ0n) is 8.36. The molecule has 1 amide bonds. The van der Waals surface area contributed by atoms with Gasteiger partial charge in [-0.2, -0.15) is 0 Å². The molecule has 1 aliphatic rings. The second-order valence-electron chi connectivity index (χ2n) is 3.77. The van der Waals surface area contributed by atoms with Crippen molar-refractivity contribution >= 4 is 17.4 Å². The van der Waals surface area contributed by atoms with Crippen LogP contribution in [0.1, 0.15) is 29.8 Å². The van der Waals surface area contributed by atoms with Gasteiger partial charge in [0.25, 0.3) is 5.91 Å². The lowest BCUT2D eigenvalue weighted by Gasteiger charge is -2.27. The van der Waals surface area contributed by atoms with E-state index in [0.717, 1.165) is 12.8 Å². The molecule has 0 atom stereocenters. The number of hydrogen-bond acceptors (Lipinski definition) is 4. The molecule has 0 spiro atoms. The SMILES string of the molecule is NC(=O)c1ccc(N)c(NC2CCC2)n1. The van der Waals surface area contributed by atoms with Gasteiger partial charge in [0.2, 0.25) is 0 Å². The van der Waals surface area contributed by atoms with E-state index in [1.165, 1.54) is 12.5 Å². The van der Waals surface area contributed by atoms with Crippen LogP contribution in [0.5, 0.6) is 0 Å². The fraction of sp³-hybridized carbons (Fsp3) is 0.400. The highest BCUT2D eigenvalue weighted by molar-refractivity contribution is 5.91. The quantitative estimate of drug-likeness (QED) is 0.679. The fourth-order valence-electron chi connectivity index (χ4n) is 1.47. The summed E-state index contributed by atoms with van der Waals surface area (Å²) in [6.07, 6.45) is 3.48. The first-order chi connectivity index (χ1) is 7.16. The summed E-state index contributed by atoms with van der Waals surface area (Å²) < 4.78 is 0. The predicted molar refractivity (Wildman–Crippen MR) is 58.4 cm³/mol. The van der Waals surface area contributed by atoms with Crippen LogP contribution in [0.25, 0.3) is 0 Å². The van der Waals surface area contributed by atoms with Gasteiger partial charge in [-0.15, -0.1) is 0 Å². The number of nitrogen functional groups attached to an aromatic ring is 1. The molecule has 1 fully saturated rings. The Morgan fingerprint density at radius 2 is 2.20 bits per heavy atom. The number of carbonyl (C=O) groups is 1. The van der Waals surface area contributed by atoms with Crippen LogP contribution < -0.4 is 16.8 Å². The molecule has 15 heavy (non-hydrogen) atoms. The Hall–Kier alpha value is -1.78. The molecule has 0 aliphatic heterocycles. The number of carbonyl (C=O) groups excluding carboxylic acids is 1. The van der Waals surface area contributed by atoms with E-state index < -0.39 is 5.91 Å². The van der Waals surface area contributed by atoms with E-state index in [4.69, 9.17) is 11.5 Å². The highest BCUT2D eigenvalue weighted by Gasteiger charge is 2.18. The van der Waals surface area contributed by atoms with Crippen molar-refractivity contribution < 1.29 is 4.79 Å². The van der Waals surface area contributed by atoms with Crippen LogP contribution >= 0.6 is 0 Å². The smallest absolute Gasteiger partial charge is 0.267 e. The van der Waals surface area contributed by atoms with Crippen molar-refractivity contribution in [2.45, 2.75) is 25.3 Å². The minimum absolute atomic E-state index is 0.242. The van der Waals surface area contributed by atoms with Crippen molar-refractivity contribution in [1.82, 2.24) is 4.98 Å². The number of primary amides is 1. The molecular formula is C10H14N4O. The van der Waals surface area contributed by atoms with Crippen LogP contribution in [0.4, 0.5) is 11.5 Å².